The van der Waals surface area contributed by atoms with Gasteiger partial charge in [-0.2, -0.15) is 5.10 Å². The smallest absolute Gasteiger partial charge is 0.139 e. The molecule has 0 amide bonds. The zero-order valence-corrected chi connectivity index (χ0v) is 11.3. The van der Waals surface area contributed by atoms with Crippen LogP contribution >= 0.6 is 0 Å². The van der Waals surface area contributed by atoms with E-state index in [-0.39, 0.29) is 0 Å². The fourth-order valence-corrected chi connectivity index (χ4v) is 2.49. The first-order chi connectivity index (χ1) is 9.70. The van der Waals surface area contributed by atoms with Crippen LogP contribution in [0.4, 0.5) is 0 Å². The molecule has 0 spiro atoms. The summed E-state index contributed by atoms with van der Waals surface area (Å²) >= 11 is 0. The Bertz CT molecular complexity index is 932. The highest BCUT2D eigenvalue weighted by Crippen LogP contribution is 2.26. The average Bonchev–Trinajstić information content (AvgIpc) is 3.00. The quantitative estimate of drug-likeness (QED) is 0.574. The van der Waals surface area contributed by atoms with E-state index in [2.05, 4.69) is 26.1 Å². The molecule has 0 radical (unpaired) electrons. The van der Waals surface area contributed by atoms with Crippen LogP contribution in [-0.2, 0) is 7.05 Å². The summed E-state index contributed by atoms with van der Waals surface area (Å²) in [6.45, 7) is 1.99. The third-order valence-electron chi connectivity index (χ3n) is 3.48. The lowest BCUT2D eigenvalue weighted by atomic mass is 10.2. The van der Waals surface area contributed by atoms with E-state index < -0.39 is 0 Å². The van der Waals surface area contributed by atoms with Gasteiger partial charge in [-0.15, -0.1) is 0 Å². The third-order valence-corrected chi connectivity index (χ3v) is 3.48. The van der Waals surface area contributed by atoms with Gasteiger partial charge in [0.25, 0.3) is 0 Å². The van der Waals surface area contributed by atoms with Crippen molar-refractivity contribution >= 4 is 21.9 Å². The first kappa shape index (κ1) is 11.2. The van der Waals surface area contributed by atoms with E-state index in [1.165, 1.54) is 0 Å². The van der Waals surface area contributed by atoms with Gasteiger partial charge in [0.15, 0.2) is 0 Å². The van der Waals surface area contributed by atoms with Crippen LogP contribution in [0, 0.1) is 6.92 Å². The molecule has 0 aromatic carbocycles. The van der Waals surface area contributed by atoms with Crippen LogP contribution in [0.25, 0.3) is 33.2 Å². The average molecular weight is 263 g/mol. The summed E-state index contributed by atoms with van der Waals surface area (Å²) in [6.07, 6.45) is 5.68. The van der Waals surface area contributed by atoms with Crippen LogP contribution in [0.3, 0.4) is 0 Å². The van der Waals surface area contributed by atoms with Crippen LogP contribution in [-0.4, -0.2) is 24.7 Å². The number of fused-ring (bicyclic) bond motifs is 3. The number of pyridine rings is 2. The lowest BCUT2D eigenvalue weighted by Crippen LogP contribution is -1.85. The SMILES string of the molecule is Cc1cc2[nH]c3nc(-c4cnn(C)c4)ccc3c2cn1. The number of aromatic nitrogens is 5. The van der Waals surface area contributed by atoms with Gasteiger partial charge in [-0.25, -0.2) is 4.98 Å². The summed E-state index contributed by atoms with van der Waals surface area (Å²) in [5.41, 5.74) is 4.89. The van der Waals surface area contributed by atoms with Gasteiger partial charge in [0.2, 0.25) is 0 Å². The molecule has 4 rings (SSSR count). The number of nitrogens with zero attached hydrogens (tertiary/aromatic N) is 4. The Balaban J connectivity index is 1.97. The molecule has 0 saturated heterocycles. The Labute approximate surface area is 115 Å². The summed E-state index contributed by atoms with van der Waals surface area (Å²) in [6, 6.07) is 6.15. The Morgan fingerprint density at radius 3 is 2.85 bits per heavy atom. The number of rotatable bonds is 1. The van der Waals surface area contributed by atoms with E-state index in [1.54, 1.807) is 4.68 Å². The highest BCUT2D eigenvalue weighted by atomic mass is 15.2. The van der Waals surface area contributed by atoms with Crippen LogP contribution in [0.5, 0.6) is 0 Å². The van der Waals surface area contributed by atoms with Gasteiger partial charge in [0.1, 0.15) is 5.65 Å². The van der Waals surface area contributed by atoms with Crippen LogP contribution < -0.4 is 0 Å². The van der Waals surface area contributed by atoms with Gasteiger partial charge in [0.05, 0.1) is 17.4 Å². The zero-order chi connectivity index (χ0) is 13.7. The van der Waals surface area contributed by atoms with Crippen molar-refractivity contribution in [1.29, 1.82) is 0 Å². The van der Waals surface area contributed by atoms with E-state index in [1.807, 2.05) is 44.7 Å². The van der Waals surface area contributed by atoms with Crippen LogP contribution in [0.2, 0.25) is 0 Å². The first-order valence-electron chi connectivity index (χ1n) is 6.45. The molecule has 0 atom stereocenters. The number of hydrogen-bond acceptors (Lipinski definition) is 3. The Morgan fingerprint density at radius 2 is 2.05 bits per heavy atom. The van der Waals surface area contributed by atoms with Crippen molar-refractivity contribution in [2.45, 2.75) is 6.92 Å². The summed E-state index contributed by atoms with van der Waals surface area (Å²) in [5, 5.41) is 6.39. The van der Waals surface area contributed by atoms with Crippen molar-refractivity contribution in [2.75, 3.05) is 0 Å². The minimum absolute atomic E-state index is 0.883. The third kappa shape index (κ3) is 1.60. The molecule has 0 bridgehead atoms. The van der Waals surface area contributed by atoms with Crippen molar-refractivity contribution in [3.05, 3.63) is 42.5 Å². The number of nitrogens with one attached hydrogen (secondary N) is 1. The standard InChI is InChI=1S/C15H13N5/c1-9-5-14-12(7-16-9)11-3-4-13(18-15(11)19-14)10-6-17-20(2)8-10/h3-8H,1-2H3,(H,18,19). The molecule has 5 heteroatoms. The molecule has 4 heterocycles. The normalized spacial score (nSPS) is 11.5. The summed E-state index contributed by atoms with van der Waals surface area (Å²) in [7, 11) is 1.90. The lowest BCUT2D eigenvalue weighted by molar-refractivity contribution is 0.768. The molecular weight excluding hydrogens is 250 g/mol. The second kappa shape index (κ2) is 3.90. The second-order valence-corrected chi connectivity index (χ2v) is 4.99. The van der Waals surface area contributed by atoms with Crippen molar-refractivity contribution in [2.24, 2.45) is 7.05 Å². The van der Waals surface area contributed by atoms with Crippen LogP contribution in [0.1, 0.15) is 5.69 Å². The van der Waals surface area contributed by atoms with E-state index in [4.69, 9.17) is 0 Å². The number of hydrogen-bond donors (Lipinski definition) is 1. The second-order valence-electron chi connectivity index (χ2n) is 4.99. The largest absolute Gasteiger partial charge is 0.339 e. The topological polar surface area (TPSA) is 59.4 Å². The minimum atomic E-state index is 0.883. The summed E-state index contributed by atoms with van der Waals surface area (Å²) in [5.74, 6) is 0. The van der Waals surface area contributed by atoms with Crippen molar-refractivity contribution in [3.63, 3.8) is 0 Å². The molecule has 0 aliphatic carbocycles. The zero-order valence-electron chi connectivity index (χ0n) is 11.3. The molecule has 4 aromatic rings. The number of aromatic amines is 1. The molecule has 1 N–H and O–H groups in total. The van der Waals surface area contributed by atoms with E-state index in [0.717, 1.165) is 38.9 Å². The molecule has 0 fully saturated rings. The fraction of sp³-hybridized carbons (Fsp3) is 0.133. The molecule has 20 heavy (non-hydrogen) atoms. The maximum Gasteiger partial charge on any atom is 0.139 e. The minimum Gasteiger partial charge on any atom is -0.339 e. The van der Waals surface area contributed by atoms with Crippen LogP contribution in [0.15, 0.2) is 36.8 Å². The van der Waals surface area contributed by atoms with Gasteiger partial charge in [-0.3, -0.25) is 9.67 Å². The lowest BCUT2D eigenvalue weighted by Gasteiger charge is -1.96. The summed E-state index contributed by atoms with van der Waals surface area (Å²) < 4.78 is 1.78. The predicted molar refractivity (Wildman–Crippen MR) is 78.3 cm³/mol. The Kier molecular flexibility index (Phi) is 2.18. The summed E-state index contributed by atoms with van der Waals surface area (Å²) in [4.78, 5) is 12.4. The van der Waals surface area contributed by atoms with E-state index in [9.17, 15) is 0 Å². The molecule has 4 aromatic heterocycles. The maximum atomic E-state index is 4.69. The van der Waals surface area contributed by atoms with E-state index in [0.29, 0.717) is 0 Å². The molecule has 0 saturated carbocycles. The van der Waals surface area contributed by atoms with Gasteiger partial charge >= 0.3 is 0 Å². The molecule has 0 aliphatic heterocycles. The van der Waals surface area contributed by atoms with Gasteiger partial charge in [-0.05, 0) is 25.1 Å². The number of aryl methyl sites for hydroxylation is 2. The molecule has 98 valence electrons. The van der Waals surface area contributed by atoms with Gasteiger partial charge < -0.3 is 4.98 Å². The molecule has 0 unspecified atom stereocenters. The van der Waals surface area contributed by atoms with Crippen molar-refractivity contribution in [1.82, 2.24) is 24.7 Å². The van der Waals surface area contributed by atoms with E-state index >= 15 is 0 Å². The first-order valence-corrected chi connectivity index (χ1v) is 6.45. The van der Waals surface area contributed by atoms with Crippen molar-refractivity contribution < 1.29 is 0 Å². The molecule has 5 nitrogen and oxygen atoms in total. The molecular formula is C15H13N5. The van der Waals surface area contributed by atoms with Gasteiger partial charge in [-0.1, -0.05) is 0 Å². The monoisotopic (exact) mass is 263 g/mol. The predicted octanol–water partition coefficient (Wildman–Crippen LogP) is 2.82. The maximum absolute atomic E-state index is 4.69. The van der Waals surface area contributed by atoms with Gasteiger partial charge in [0, 0.05) is 41.5 Å². The fourth-order valence-electron chi connectivity index (χ4n) is 2.49. The highest BCUT2D eigenvalue weighted by Gasteiger charge is 2.08. The molecule has 0 aliphatic rings. The Morgan fingerprint density at radius 1 is 1.15 bits per heavy atom. The highest BCUT2D eigenvalue weighted by molar-refractivity contribution is 6.05. The Hall–Kier alpha value is -2.69. The van der Waals surface area contributed by atoms with Crippen molar-refractivity contribution in [3.8, 4) is 11.3 Å². The number of H-pyrrole nitrogens is 1.